The lowest BCUT2D eigenvalue weighted by atomic mass is 10.2. The first-order chi connectivity index (χ1) is 8.66. The standard InChI is InChI=1S/C14H25N3SSi/c1-10(2)17(11(3)4)14(18)12-13(19(5,6)7)16-9-8-15-12/h8-11H,1-7H3. The summed E-state index contributed by atoms with van der Waals surface area (Å²) in [5, 5.41) is 1.10. The molecule has 0 aromatic carbocycles. The topological polar surface area (TPSA) is 29.0 Å². The van der Waals surface area contributed by atoms with Gasteiger partial charge < -0.3 is 4.90 Å². The van der Waals surface area contributed by atoms with Crippen LogP contribution in [0.25, 0.3) is 0 Å². The predicted molar refractivity (Wildman–Crippen MR) is 88.8 cm³/mol. The van der Waals surface area contributed by atoms with Gasteiger partial charge in [-0.25, -0.2) is 0 Å². The zero-order valence-electron chi connectivity index (χ0n) is 13.1. The summed E-state index contributed by atoms with van der Waals surface area (Å²) in [7, 11) is -1.54. The molecule has 0 unspecified atom stereocenters. The van der Waals surface area contributed by atoms with Crippen LogP contribution in [0.1, 0.15) is 33.4 Å². The van der Waals surface area contributed by atoms with Crippen LogP contribution >= 0.6 is 12.2 Å². The van der Waals surface area contributed by atoms with Gasteiger partial charge in [0.05, 0.1) is 5.32 Å². The number of nitrogens with zero attached hydrogens (tertiary/aromatic N) is 3. The van der Waals surface area contributed by atoms with E-state index in [0.717, 1.165) is 16.0 Å². The molecule has 0 spiro atoms. The molecule has 0 radical (unpaired) electrons. The van der Waals surface area contributed by atoms with Crippen LogP contribution < -0.4 is 5.32 Å². The minimum absolute atomic E-state index is 0.365. The van der Waals surface area contributed by atoms with Crippen LogP contribution in [0.4, 0.5) is 0 Å². The summed E-state index contributed by atoms with van der Waals surface area (Å²) in [6.07, 6.45) is 3.51. The van der Waals surface area contributed by atoms with Crippen LogP contribution in [0.3, 0.4) is 0 Å². The molecule has 1 heterocycles. The van der Waals surface area contributed by atoms with Gasteiger partial charge in [0.25, 0.3) is 0 Å². The van der Waals surface area contributed by atoms with E-state index >= 15 is 0 Å². The van der Waals surface area contributed by atoms with E-state index in [1.54, 1.807) is 12.4 Å². The highest BCUT2D eigenvalue weighted by Gasteiger charge is 2.28. The van der Waals surface area contributed by atoms with Crippen molar-refractivity contribution in [2.45, 2.75) is 59.4 Å². The minimum atomic E-state index is -1.54. The van der Waals surface area contributed by atoms with Gasteiger partial charge in [-0.2, -0.15) is 0 Å². The summed E-state index contributed by atoms with van der Waals surface area (Å²) in [5.74, 6) is 0. The summed E-state index contributed by atoms with van der Waals surface area (Å²) in [4.78, 5) is 12.1. The Balaban J connectivity index is 3.27. The fourth-order valence-corrected chi connectivity index (χ4v) is 4.25. The number of thiocarbonyl (C=S) groups is 1. The van der Waals surface area contributed by atoms with E-state index in [-0.39, 0.29) is 0 Å². The third-order valence-electron chi connectivity index (χ3n) is 2.96. The van der Waals surface area contributed by atoms with E-state index in [4.69, 9.17) is 12.2 Å². The first-order valence-corrected chi connectivity index (χ1v) is 10.7. The molecule has 0 saturated carbocycles. The van der Waals surface area contributed by atoms with Crippen molar-refractivity contribution in [3.8, 4) is 0 Å². The highest BCUT2D eigenvalue weighted by Crippen LogP contribution is 2.13. The van der Waals surface area contributed by atoms with E-state index in [2.05, 4.69) is 62.2 Å². The first-order valence-electron chi connectivity index (χ1n) is 6.80. The minimum Gasteiger partial charge on any atom is -0.356 e. The second kappa shape index (κ2) is 6.09. The fourth-order valence-electron chi connectivity index (χ4n) is 2.23. The fraction of sp³-hybridized carbons (Fsp3) is 0.643. The Morgan fingerprint density at radius 2 is 1.53 bits per heavy atom. The van der Waals surface area contributed by atoms with Crippen molar-refractivity contribution >= 4 is 30.6 Å². The van der Waals surface area contributed by atoms with Crippen molar-refractivity contribution in [3.63, 3.8) is 0 Å². The number of aromatic nitrogens is 2. The number of hydrogen-bond donors (Lipinski definition) is 0. The lowest BCUT2D eigenvalue weighted by Crippen LogP contribution is -2.49. The van der Waals surface area contributed by atoms with Crippen LogP contribution in [-0.2, 0) is 0 Å². The second-order valence-corrected chi connectivity index (χ2v) is 11.8. The van der Waals surface area contributed by atoms with Gasteiger partial charge in [-0.05, 0) is 27.7 Å². The molecule has 1 aromatic heterocycles. The molecule has 5 heteroatoms. The zero-order chi connectivity index (χ0) is 14.8. The van der Waals surface area contributed by atoms with Crippen LogP contribution in [0.5, 0.6) is 0 Å². The van der Waals surface area contributed by atoms with Crippen molar-refractivity contribution in [2.24, 2.45) is 0 Å². The average molecular weight is 296 g/mol. The van der Waals surface area contributed by atoms with Crippen molar-refractivity contribution < 1.29 is 0 Å². The summed E-state index contributed by atoms with van der Waals surface area (Å²) >= 11 is 5.70. The lowest BCUT2D eigenvalue weighted by molar-refractivity contribution is 0.297. The van der Waals surface area contributed by atoms with Crippen molar-refractivity contribution in [2.75, 3.05) is 0 Å². The molecular formula is C14H25N3SSi. The van der Waals surface area contributed by atoms with Crippen molar-refractivity contribution in [3.05, 3.63) is 18.1 Å². The Kier molecular flexibility index (Phi) is 5.21. The Labute approximate surface area is 123 Å². The maximum Gasteiger partial charge on any atom is 0.129 e. The Morgan fingerprint density at radius 3 is 1.95 bits per heavy atom. The molecular weight excluding hydrogens is 270 g/mol. The normalized spacial score (nSPS) is 12.1. The Hall–Kier alpha value is -0.813. The van der Waals surface area contributed by atoms with Crippen LogP contribution in [0.15, 0.2) is 12.4 Å². The molecule has 0 atom stereocenters. The molecule has 1 rings (SSSR count). The van der Waals surface area contributed by atoms with Gasteiger partial charge in [0, 0.05) is 24.5 Å². The molecule has 0 fully saturated rings. The monoisotopic (exact) mass is 295 g/mol. The molecule has 0 aliphatic carbocycles. The molecule has 0 aliphatic heterocycles. The van der Waals surface area contributed by atoms with Crippen LogP contribution in [0, 0.1) is 0 Å². The lowest BCUT2D eigenvalue weighted by Gasteiger charge is -2.34. The molecule has 0 bridgehead atoms. The predicted octanol–water partition coefficient (Wildman–Crippen LogP) is 2.82. The summed E-state index contributed by atoms with van der Waals surface area (Å²) in [6.45, 7) is 15.5. The SMILES string of the molecule is CC(C)N(C(=S)c1nccnc1[Si](C)(C)C)C(C)C. The van der Waals surface area contributed by atoms with Gasteiger partial charge in [-0.3, -0.25) is 9.97 Å². The summed E-state index contributed by atoms with van der Waals surface area (Å²) in [5.41, 5.74) is 0.902. The van der Waals surface area contributed by atoms with E-state index in [1.807, 2.05) is 0 Å². The average Bonchev–Trinajstić information content (AvgIpc) is 2.26. The molecule has 0 amide bonds. The first kappa shape index (κ1) is 16.2. The van der Waals surface area contributed by atoms with Gasteiger partial charge in [-0.1, -0.05) is 31.9 Å². The van der Waals surface area contributed by atoms with Gasteiger partial charge in [0.2, 0.25) is 0 Å². The second-order valence-electron chi connectivity index (χ2n) is 6.40. The molecule has 106 valence electrons. The van der Waals surface area contributed by atoms with Crippen molar-refractivity contribution in [1.82, 2.24) is 14.9 Å². The van der Waals surface area contributed by atoms with E-state index in [0.29, 0.717) is 12.1 Å². The smallest absolute Gasteiger partial charge is 0.129 e. The molecule has 3 nitrogen and oxygen atoms in total. The highest BCUT2D eigenvalue weighted by atomic mass is 32.1. The maximum atomic E-state index is 5.70. The Bertz CT molecular complexity index is 444. The van der Waals surface area contributed by atoms with E-state index in [1.165, 1.54) is 0 Å². The molecule has 0 saturated heterocycles. The summed E-state index contributed by atoms with van der Waals surface area (Å²) < 4.78 is 0. The maximum absolute atomic E-state index is 5.70. The molecule has 0 N–H and O–H groups in total. The third kappa shape index (κ3) is 3.83. The number of hydrogen-bond acceptors (Lipinski definition) is 3. The van der Waals surface area contributed by atoms with E-state index < -0.39 is 8.07 Å². The van der Waals surface area contributed by atoms with Gasteiger partial charge >= 0.3 is 0 Å². The van der Waals surface area contributed by atoms with Crippen LogP contribution in [-0.4, -0.2) is 40.0 Å². The van der Waals surface area contributed by atoms with E-state index in [9.17, 15) is 0 Å². The quantitative estimate of drug-likeness (QED) is 0.631. The third-order valence-corrected chi connectivity index (χ3v) is 5.15. The molecule has 0 aliphatic rings. The number of rotatable bonds is 4. The Morgan fingerprint density at radius 1 is 1.05 bits per heavy atom. The van der Waals surface area contributed by atoms with Gasteiger partial charge in [0.15, 0.2) is 0 Å². The largest absolute Gasteiger partial charge is 0.356 e. The summed E-state index contributed by atoms with van der Waals surface area (Å²) in [6, 6.07) is 0.730. The van der Waals surface area contributed by atoms with Crippen molar-refractivity contribution in [1.29, 1.82) is 0 Å². The highest BCUT2D eigenvalue weighted by molar-refractivity contribution is 7.80. The van der Waals surface area contributed by atoms with Gasteiger partial charge in [0.1, 0.15) is 18.8 Å². The molecule has 1 aromatic rings. The van der Waals surface area contributed by atoms with Gasteiger partial charge in [-0.15, -0.1) is 0 Å². The molecule has 19 heavy (non-hydrogen) atoms. The van der Waals surface area contributed by atoms with Crippen LogP contribution in [0.2, 0.25) is 19.6 Å². The zero-order valence-corrected chi connectivity index (χ0v) is 14.9.